The van der Waals surface area contributed by atoms with E-state index in [0.717, 1.165) is 17.9 Å². The van der Waals surface area contributed by atoms with Gasteiger partial charge in [-0.1, -0.05) is 32.9 Å². The molecule has 0 fully saturated rings. The molecule has 3 N–H and O–H groups in total. The van der Waals surface area contributed by atoms with Gasteiger partial charge >= 0.3 is 0 Å². The average Bonchev–Trinajstić information content (AvgIpc) is 2.01. The predicted molar refractivity (Wildman–Crippen MR) is 63.5 cm³/mol. The number of para-hydroxylation sites is 1. The van der Waals surface area contributed by atoms with Gasteiger partial charge in [0.15, 0.2) is 0 Å². The molecule has 0 unspecified atom stereocenters. The summed E-state index contributed by atoms with van der Waals surface area (Å²) in [6.07, 6.45) is 0. The fourth-order valence-corrected chi connectivity index (χ4v) is 1.29. The van der Waals surface area contributed by atoms with Gasteiger partial charge in [0.25, 0.3) is 0 Å². The van der Waals surface area contributed by atoms with Crippen molar-refractivity contribution in [3.63, 3.8) is 0 Å². The van der Waals surface area contributed by atoms with Gasteiger partial charge < -0.3 is 11.1 Å². The minimum absolute atomic E-state index is 0.273. The van der Waals surface area contributed by atoms with Crippen molar-refractivity contribution in [3.05, 3.63) is 23.8 Å². The topological polar surface area (TPSA) is 38.0 Å². The van der Waals surface area contributed by atoms with E-state index in [2.05, 4.69) is 39.1 Å². The van der Waals surface area contributed by atoms with Crippen LogP contribution in [0.15, 0.2) is 18.2 Å². The van der Waals surface area contributed by atoms with Crippen LogP contribution in [0.25, 0.3) is 0 Å². The number of nitrogens with one attached hydrogen (secondary N) is 1. The monoisotopic (exact) mass is 192 g/mol. The summed E-state index contributed by atoms with van der Waals surface area (Å²) >= 11 is 0. The maximum atomic E-state index is 5.89. The van der Waals surface area contributed by atoms with Gasteiger partial charge in [-0.25, -0.2) is 0 Å². The van der Waals surface area contributed by atoms with Crippen LogP contribution < -0.4 is 11.1 Å². The number of hydrogen-bond acceptors (Lipinski definition) is 2. The Morgan fingerprint density at radius 3 is 2.43 bits per heavy atom. The molecule has 2 nitrogen and oxygen atoms in total. The van der Waals surface area contributed by atoms with Gasteiger partial charge in [-0.05, 0) is 24.0 Å². The second-order valence-electron chi connectivity index (χ2n) is 4.95. The summed E-state index contributed by atoms with van der Waals surface area (Å²) < 4.78 is 0. The van der Waals surface area contributed by atoms with E-state index in [1.807, 2.05) is 12.1 Å². The Balaban J connectivity index is 2.77. The van der Waals surface area contributed by atoms with Crippen LogP contribution in [0.3, 0.4) is 0 Å². The molecule has 1 rings (SSSR count). The van der Waals surface area contributed by atoms with E-state index in [0.29, 0.717) is 0 Å². The Kier molecular flexibility index (Phi) is 3.04. The molecule has 0 aliphatic heterocycles. The summed E-state index contributed by atoms with van der Waals surface area (Å²) in [7, 11) is 0. The predicted octanol–water partition coefficient (Wildman–Crippen LogP) is 3.04. The Hall–Kier alpha value is -1.18. The van der Waals surface area contributed by atoms with E-state index in [-0.39, 0.29) is 5.41 Å². The Morgan fingerprint density at radius 1 is 1.29 bits per heavy atom. The number of nitrogens with two attached hydrogens (primary N) is 1. The normalized spacial score (nSPS) is 11.4. The van der Waals surface area contributed by atoms with Crippen molar-refractivity contribution >= 4 is 11.4 Å². The van der Waals surface area contributed by atoms with Crippen molar-refractivity contribution in [3.8, 4) is 0 Å². The van der Waals surface area contributed by atoms with Gasteiger partial charge in [0.2, 0.25) is 0 Å². The van der Waals surface area contributed by atoms with E-state index in [9.17, 15) is 0 Å². The Labute approximate surface area is 86.5 Å². The molecule has 0 bridgehead atoms. The SMILES string of the molecule is Cc1cccc(N)c1NCC(C)(C)C. The zero-order valence-electron chi connectivity index (χ0n) is 9.52. The van der Waals surface area contributed by atoms with Crippen LogP contribution in [0.4, 0.5) is 11.4 Å². The largest absolute Gasteiger partial charge is 0.397 e. The van der Waals surface area contributed by atoms with Crippen LogP contribution in [-0.4, -0.2) is 6.54 Å². The Morgan fingerprint density at radius 2 is 1.93 bits per heavy atom. The fraction of sp³-hybridized carbons (Fsp3) is 0.500. The summed E-state index contributed by atoms with van der Waals surface area (Å²) in [5, 5.41) is 3.40. The third kappa shape index (κ3) is 2.95. The first-order chi connectivity index (χ1) is 6.40. The molecule has 0 atom stereocenters. The third-order valence-corrected chi connectivity index (χ3v) is 2.10. The van der Waals surface area contributed by atoms with Crippen LogP contribution in [0, 0.1) is 12.3 Å². The first-order valence-electron chi connectivity index (χ1n) is 4.99. The van der Waals surface area contributed by atoms with Crippen LogP contribution in [-0.2, 0) is 0 Å². The lowest BCUT2D eigenvalue weighted by molar-refractivity contribution is 0.443. The summed E-state index contributed by atoms with van der Waals surface area (Å²) in [6, 6.07) is 5.98. The van der Waals surface area contributed by atoms with E-state index >= 15 is 0 Å². The smallest absolute Gasteiger partial charge is 0.0603 e. The molecule has 1 aromatic carbocycles. The van der Waals surface area contributed by atoms with Crippen molar-refractivity contribution < 1.29 is 0 Å². The van der Waals surface area contributed by atoms with E-state index in [4.69, 9.17) is 5.73 Å². The van der Waals surface area contributed by atoms with Crippen molar-refractivity contribution in [2.45, 2.75) is 27.7 Å². The van der Waals surface area contributed by atoms with E-state index < -0.39 is 0 Å². The molecule has 14 heavy (non-hydrogen) atoms. The van der Waals surface area contributed by atoms with Crippen molar-refractivity contribution in [2.24, 2.45) is 5.41 Å². The zero-order chi connectivity index (χ0) is 10.8. The average molecular weight is 192 g/mol. The molecule has 0 radical (unpaired) electrons. The van der Waals surface area contributed by atoms with Gasteiger partial charge in [0, 0.05) is 6.54 Å². The van der Waals surface area contributed by atoms with Gasteiger partial charge in [-0.3, -0.25) is 0 Å². The molecule has 0 saturated carbocycles. The lowest BCUT2D eigenvalue weighted by Crippen LogP contribution is -2.20. The first-order valence-corrected chi connectivity index (χ1v) is 4.99. The second-order valence-corrected chi connectivity index (χ2v) is 4.95. The van der Waals surface area contributed by atoms with Crippen LogP contribution in [0.5, 0.6) is 0 Å². The standard InChI is InChI=1S/C12H20N2/c1-9-6-5-7-10(13)11(9)14-8-12(2,3)4/h5-7,14H,8,13H2,1-4H3. The molecule has 0 aliphatic rings. The van der Waals surface area contributed by atoms with Gasteiger partial charge in [-0.15, -0.1) is 0 Å². The second kappa shape index (κ2) is 3.91. The molecule has 78 valence electrons. The number of hydrogen-bond donors (Lipinski definition) is 2. The molecule has 0 amide bonds. The number of rotatable bonds is 2. The minimum Gasteiger partial charge on any atom is -0.397 e. The number of anilines is 2. The third-order valence-electron chi connectivity index (χ3n) is 2.10. The summed E-state index contributed by atoms with van der Waals surface area (Å²) in [4.78, 5) is 0. The van der Waals surface area contributed by atoms with E-state index in [1.165, 1.54) is 5.56 Å². The molecular formula is C12H20N2. The lowest BCUT2D eigenvalue weighted by atomic mass is 9.96. The molecule has 0 saturated heterocycles. The minimum atomic E-state index is 0.273. The van der Waals surface area contributed by atoms with Crippen LogP contribution in [0.1, 0.15) is 26.3 Å². The van der Waals surface area contributed by atoms with Gasteiger partial charge in [-0.2, -0.15) is 0 Å². The Bertz CT molecular complexity index is 290. The van der Waals surface area contributed by atoms with Crippen molar-refractivity contribution in [2.75, 3.05) is 17.6 Å². The molecular weight excluding hydrogens is 172 g/mol. The van der Waals surface area contributed by atoms with Crippen LogP contribution in [0.2, 0.25) is 0 Å². The zero-order valence-corrected chi connectivity index (χ0v) is 9.52. The molecule has 0 aliphatic carbocycles. The first kappa shape index (κ1) is 10.9. The van der Waals surface area contributed by atoms with Gasteiger partial charge in [0.05, 0.1) is 11.4 Å². The summed E-state index contributed by atoms with van der Waals surface area (Å²) in [5.74, 6) is 0. The number of aryl methyl sites for hydroxylation is 1. The quantitative estimate of drug-likeness (QED) is 0.707. The fourth-order valence-electron chi connectivity index (χ4n) is 1.29. The van der Waals surface area contributed by atoms with Crippen LogP contribution >= 0.6 is 0 Å². The van der Waals surface area contributed by atoms with Crippen molar-refractivity contribution in [1.82, 2.24) is 0 Å². The molecule has 2 heteroatoms. The molecule has 1 aromatic rings. The highest BCUT2D eigenvalue weighted by Gasteiger charge is 2.11. The molecule has 0 spiro atoms. The highest BCUT2D eigenvalue weighted by molar-refractivity contribution is 5.69. The lowest BCUT2D eigenvalue weighted by Gasteiger charge is -2.21. The number of nitrogen functional groups attached to an aromatic ring is 1. The molecule has 0 heterocycles. The van der Waals surface area contributed by atoms with Crippen molar-refractivity contribution in [1.29, 1.82) is 0 Å². The summed E-state index contributed by atoms with van der Waals surface area (Å²) in [6.45, 7) is 9.61. The van der Waals surface area contributed by atoms with E-state index in [1.54, 1.807) is 0 Å². The summed E-state index contributed by atoms with van der Waals surface area (Å²) in [5.41, 5.74) is 9.26. The molecule has 0 aromatic heterocycles. The highest BCUT2D eigenvalue weighted by Crippen LogP contribution is 2.24. The maximum Gasteiger partial charge on any atom is 0.0603 e. The highest BCUT2D eigenvalue weighted by atomic mass is 14.9. The maximum absolute atomic E-state index is 5.89. The van der Waals surface area contributed by atoms with Gasteiger partial charge in [0.1, 0.15) is 0 Å². The number of benzene rings is 1.